The van der Waals surface area contributed by atoms with E-state index in [0.717, 1.165) is 13.1 Å². The van der Waals surface area contributed by atoms with Gasteiger partial charge in [-0.1, -0.05) is 0 Å². The molecule has 4 nitrogen and oxygen atoms in total. The predicted molar refractivity (Wildman–Crippen MR) is 52.0 cm³/mol. The molecule has 74 valence electrons. The molecule has 0 saturated heterocycles. The van der Waals surface area contributed by atoms with Gasteiger partial charge in [0.15, 0.2) is 0 Å². The van der Waals surface area contributed by atoms with E-state index in [2.05, 4.69) is 38.0 Å². The molecule has 0 fully saturated rings. The summed E-state index contributed by atoms with van der Waals surface area (Å²) in [7, 11) is 11.6. The molecule has 0 aromatic carbocycles. The first-order valence-corrected chi connectivity index (χ1v) is 3.81. The summed E-state index contributed by atoms with van der Waals surface area (Å²) >= 11 is 0. The predicted octanol–water partition coefficient (Wildman–Crippen LogP) is -0.228. The van der Waals surface area contributed by atoms with Gasteiger partial charge in [-0.05, 0) is 28.2 Å². The number of rotatable bonds is 3. The van der Waals surface area contributed by atoms with E-state index >= 15 is 0 Å². The maximum atomic E-state index is 9.43. The Balaban J connectivity index is 0. The molecule has 4 heteroatoms. The first-order valence-electron chi connectivity index (χ1n) is 3.81. The van der Waals surface area contributed by atoms with E-state index < -0.39 is 0 Å². The Morgan fingerprint density at radius 1 is 0.917 bits per heavy atom. The standard InChI is InChI=1S/C5H14N2.C3H7NO/c1-6(2)5-7(3)4;1-4(2)3-5/h5H2,1-4H3;3H,1-2H3. The van der Waals surface area contributed by atoms with E-state index in [0.29, 0.717) is 0 Å². The molecule has 0 atom stereocenters. The summed E-state index contributed by atoms with van der Waals surface area (Å²) in [4.78, 5) is 15.1. The summed E-state index contributed by atoms with van der Waals surface area (Å²) < 4.78 is 0. The Morgan fingerprint density at radius 3 is 1.17 bits per heavy atom. The second-order valence-electron chi connectivity index (χ2n) is 3.37. The Morgan fingerprint density at radius 2 is 1.17 bits per heavy atom. The van der Waals surface area contributed by atoms with Gasteiger partial charge in [0.25, 0.3) is 0 Å². The monoisotopic (exact) mass is 175 g/mol. The van der Waals surface area contributed by atoms with Gasteiger partial charge in [0.2, 0.25) is 6.41 Å². The van der Waals surface area contributed by atoms with Gasteiger partial charge in [-0.15, -0.1) is 0 Å². The Bertz CT molecular complexity index is 96.5. The molecule has 0 unspecified atom stereocenters. The van der Waals surface area contributed by atoms with E-state index in [1.54, 1.807) is 14.1 Å². The normalized spacial score (nSPS) is 9.33. The van der Waals surface area contributed by atoms with Gasteiger partial charge in [0, 0.05) is 20.8 Å². The van der Waals surface area contributed by atoms with Gasteiger partial charge in [0.05, 0.1) is 0 Å². The molecule has 0 rings (SSSR count). The van der Waals surface area contributed by atoms with Crippen LogP contribution in [-0.2, 0) is 4.79 Å². The second kappa shape index (κ2) is 8.49. The minimum atomic E-state index is 0.750. The summed E-state index contributed by atoms with van der Waals surface area (Å²) in [5, 5.41) is 0. The fourth-order valence-electron chi connectivity index (χ4n) is 0.566. The molecule has 12 heavy (non-hydrogen) atoms. The third-order valence-electron chi connectivity index (χ3n) is 0.777. The first-order chi connectivity index (χ1) is 5.40. The first kappa shape index (κ1) is 13.9. The fourth-order valence-corrected chi connectivity index (χ4v) is 0.566. The zero-order valence-electron chi connectivity index (χ0n) is 9.03. The van der Waals surface area contributed by atoms with Gasteiger partial charge in [-0.25, -0.2) is 0 Å². The van der Waals surface area contributed by atoms with Crippen molar-refractivity contribution in [3.05, 3.63) is 0 Å². The third-order valence-corrected chi connectivity index (χ3v) is 0.777. The van der Waals surface area contributed by atoms with E-state index in [1.165, 1.54) is 4.90 Å². The highest BCUT2D eigenvalue weighted by Gasteiger charge is 1.87. The zero-order valence-corrected chi connectivity index (χ0v) is 9.03. The minimum absolute atomic E-state index is 0.750. The van der Waals surface area contributed by atoms with Crippen LogP contribution in [0.2, 0.25) is 0 Å². The molecule has 0 aliphatic carbocycles. The molecule has 1 amide bonds. The number of hydrogen-bond acceptors (Lipinski definition) is 3. The van der Waals surface area contributed by atoms with Gasteiger partial charge in [-0.3, -0.25) is 14.6 Å². The summed E-state index contributed by atoms with van der Waals surface area (Å²) in [6, 6.07) is 0. The zero-order chi connectivity index (χ0) is 10.1. The van der Waals surface area contributed by atoms with Gasteiger partial charge >= 0.3 is 0 Å². The van der Waals surface area contributed by atoms with E-state index in [4.69, 9.17) is 0 Å². The molecule has 0 aliphatic rings. The van der Waals surface area contributed by atoms with Crippen molar-refractivity contribution in [2.45, 2.75) is 0 Å². The molecule has 0 saturated carbocycles. The van der Waals surface area contributed by atoms with Crippen LogP contribution in [0.1, 0.15) is 0 Å². The average molecular weight is 175 g/mol. The summed E-state index contributed by atoms with van der Waals surface area (Å²) in [5.74, 6) is 0. The lowest BCUT2D eigenvalue weighted by molar-refractivity contribution is -0.115. The van der Waals surface area contributed by atoms with Crippen molar-refractivity contribution in [2.24, 2.45) is 0 Å². The van der Waals surface area contributed by atoms with Crippen LogP contribution >= 0.6 is 0 Å². The number of carbonyl (C=O) groups is 1. The van der Waals surface area contributed by atoms with Crippen LogP contribution < -0.4 is 0 Å². The third kappa shape index (κ3) is 22.8. The van der Waals surface area contributed by atoms with E-state index in [9.17, 15) is 4.79 Å². The molecular weight excluding hydrogens is 154 g/mol. The lowest BCUT2D eigenvalue weighted by Crippen LogP contribution is -2.26. The van der Waals surface area contributed by atoms with Crippen LogP contribution in [0.5, 0.6) is 0 Å². The Hall–Kier alpha value is -0.610. The lowest BCUT2D eigenvalue weighted by Gasteiger charge is -2.14. The van der Waals surface area contributed by atoms with Crippen LogP contribution in [0, 0.1) is 0 Å². The average Bonchev–Trinajstić information content (AvgIpc) is 1.85. The SMILES string of the molecule is CN(C)C=O.CN(C)CN(C)C. The molecule has 0 aromatic heterocycles. The topological polar surface area (TPSA) is 26.8 Å². The molecular formula is C8H21N3O. The van der Waals surface area contributed by atoms with Crippen LogP contribution in [0.15, 0.2) is 0 Å². The number of nitrogens with zero attached hydrogens (tertiary/aromatic N) is 3. The maximum Gasteiger partial charge on any atom is 0.209 e. The van der Waals surface area contributed by atoms with Gasteiger partial charge in [-0.2, -0.15) is 0 Å². The van der Waals surface area contributed by atoms with Gasteiger partial charge < -0.3 is 4.90 Å². The van der Waals surface area contributed by atoms with Crippen molar-refractivity contribution in [3.8, 4) is 0 Å². The molecule has 0 heterocycles. The van der Waals surface area contributed by atoms with Crippen LogP contribution in [0.4, 0.5) is 0 Å². The molecule has 0 bridgehead atoms. The summed E-state index contributed by atoms with van der Waals surface area (Å²) in [5.41, 5.74) is 0. The molecule has 0 aliphatic heterocycles. The lowest BCUT2D eigenvalue weighted by atomic mass is 10.8. The largest absolute Gasteiger partial charge is 0.351 e. The van der Waals surface area contributed by atoms with Crippen molar-refractivity contribution in [1.29, 1.82) is 0 Å². The molecule has 0 N–H and O–H groups in total. The van der Waals surface area contributed by atoms with Crippen molar-refractivity contribution < 1.29 is 4.79 Å². The number of amides is 1. The Labute approximate surface area is 75.7 Å². The fraction of sp³-hybridized carbons (Fsp3) is 0.875. The number of hydrogen-bond donors (Lipinski definition) is 0. The smallest absolute Gasteiger partial charge is 0.209 e. The van der Waals surface area contributed by atoms with Crippen molar-refractivity contribution >= 4 is 6.41 Å². The highest BCUT2D eigenvalue weighted by atomic mass is 16.1. The van der Waals surface area contributed by atoms with Crippen molar-refractivity contribution in [2.75, 3.05) is 49.0 Å². The van der Waals surface area contributed by atoms with E-state index in [1.807, 2.05) is 0 Å². The van der Waals surface area contributed by atoms with Crippen LogP contribution in [0.3, 0.4) is 0 Å². The summed E-state index contributed by atoms with van der Waals surface area (Å²) in [6.07, 6.45) is 0.750. The Kier molecular flexibility index (Phi) is 9.86. The van der Waals surface area contributed by atoms with E-state index in [-0.39, 0.29) is 0 Å². The molecule has 0 radical (unpaired) electrons. The quantitative estimate of drug-likeness (QED) is 0.438. The van der Waals surface area contributed by atoms with Gasteiger partial charge in [0.1, 0.15) is 0 Å². The van der Waals surface area contributed by atoms with Crippen LogP contribution in [-0.4, -0.2) is 70.1 Å². The number of carbonyl (C=O) groups excluding carboxylic acids is 1. The summed E-state index contributed by atoms with van der Waals surface area (Å²) in [6.45, 7) is 1.03. The molecule has 0 aromatic rings. The highest BCUT2D eigenvalue weighted by Crippen LogP contribution is 1.74. The van der Waals surface area contributed by atoms with Crippen molar-refractivity contribution in [3.63, 3.8) is 0 Å². The van der Waals surface area contributed by atoms with Crippen molar-refractivity contribution in [1.82, 2.24) is 14.7 Å². The minimum Gasteiger partial charge on any atom is -0.351 e. The highest BCUT2D eigenvalue weighted by molar-refractivity contribution is 5.45. The molecule has 0 spiro atoms. The van der Waals surface area contributed by atoms with Crippen LogP contribution in [0.25, 0.3) is 0 Å². The maximum absolute atomic E-state index is 9.43. The second-order valence-corrected chi connectivity index (χ2v) is 3.37.